The van der Waals surface area contributed by atoms with Gasteiger partial charge in [0.2, 0.25) is 0 Å². The molecular formula is C40H34Cl4N10O2. The lowest BCUT2D eigenvalue weighted by Crippen LogP contribution is -2.37. The van der Waals surface area contributed by atoms with Crippen molar-refractivity contribution in [2.75, 3.05) is 0 Å². The number of aliphatic imine (C=N–C) groups is 2. The second-order valence-electron chi connectivity index (χ2n) is 13.9. The van der Waals surface area contributed by atoms with E-state index in [1.54, 1.807) is 12.4 Å². The van der Waals surface area contributed by atoms with Gasteiger partial charge in [-0.2, -0.15) is 10.2 Å². The van der Waals surface area contributed by atoms with Crippen molar-refractivity contribution in [2.24, 2.45) is 21.5 Å². The molecule has 56 heavy (non-hydrogen) atoms. The summed E-state index contributed by atoms with van der Waals surface area (Å²) in [6.07, 6.45) is 6.59. The number of halogens is 4. The van der Waals surface area contributed by atoms with E-state index >= 15 is 0 Å². The Kier molecular flexibility index (Phi) is 10.8. The summed E-state index contributed by atoms with van der Waals surface area (Å²) in [4.78, 5) is 42.8. The molecule has 0 radical (unpaired) electrons. The number of nitrogens with zero attached hydrogens (tertiary/aromatic N) is 8. The van der Waals surface area contributed by atoms with Crippen molar-refractivity contribution in [1.82, 2.24) is 29.5 Å². The monoisotopic (exact) mass is 826 g/mol. The van der Waals surface area contributed by atoms with Crippen molar-refractivity contribution < 1.29 is 9.59 Å². The molecule has 4 aromatic heterocycles. The Bertz CT molecular complexity index is 2390. The third-order valence-corrected chi connectivity index (χ3v) is 10.6. The van der Waals surface area contributed by atoms with E-state index in [1.807, 2.05) is 83.9 Å². The second kappa shape index (κ2) is 15.6. The van der Waals surface area contributed by atoms with Crippen molar-refractivity contribution in [3.05, 3.63) is 163 Å². The second-order valence-corrected chi connectivity index (χ2v) is 15.5. The zero-order valence-electron chi connectivity index (χ0n) is 30.1. The Balaban J connectivity index is 0.000000172. The van der Waals surface area contributed by atoms with Gasteiger partial charge in [0, 0.05) is 37.6 Å². The normalized spacial score (nSPS) is 18.5. The quantitative estimate of drug-likeness (QED) is 0.151. The van der Waals surface area contributed by atoms with Crippen LogP contribution in [0.5, 0.6) is 0 Å². The number of carbonyl (C=O) groups is 2. The van der Waals surface area contributed by atoms with Crippen LogP contribution in [0.1, 0.15) is 68.5 Å². The fraction of sp³-hybridized carbons (Fsp3) is 0.200. The molecule has 2 aliphatic rings. The number of nitrogens with two attached hydrogens (primary N) is 2. The lowest BCUT2D eigenvalue weighted by atomic mass is 9.89. The summed E-state index contributed by atoms with van der Waals surface area (Å²) in [5, 5.41) is 9.92. The molecule has 8 rings (SSSR count). The predicted molar refractivity (Wildman–Crippen MR) is 218 cm³/mol. The van der Waals surface area contributed by atoms with Crippen LogP contribution in [0, 0.1) is 0 Å². The molecule has 2 unspecified atom stereocenters. The van der Waals surface area contributed by atoms with Crippen LogP contribution in [0.25, 0.3) is 0 Å². The summed E-state index contributed by atoms with van der Waals surface area (Å²) in [5.41, 5.74) is 16.8. The lowest BCUT2D eigenvalue weighted by Gasteiger charge is -2.31. The first kappa shape index (κ1) is 38.9. The van der Waals surface area contributed by atoms with Gasteiger partial charge in [-0.15, -0.1) is 0 Å². The molecule has 284 valence electrons. The maximum atomic E-state index is 12.6. The number of ketones is 2. The van der Waals surface area contributed by atoms with Gasteiger partial charge < -0.3 is 11.5 Å². The van der Waals surface area contributed by atoms with Gasteiger partial charge in [0.05, 0.1) is 33.2 Å². The highest BCUT2D eigenvalue weighted by Gasteiger charge is 2.34. The minimum absolute atomic E-state index is 0.171. The minimum Gasteiger partial charge on any atom is -0.382 e. The Morgan fingerprint density at radius 1 is 0.643 bits per heavy atom. The highest BCUT2D eigenvalue weighted by atomic mass is 35.5. The molecule has 0 amide bonds. The van der Waals surface area contributed by atoms with Gasteiger partial charge in [0.25, 0.3) is 0 Å². The molecule has 12 nitrogen and oxygen atoms in total. The maximum absolute atomic E-state index is 12.6. The van der Waals surface area contributed by atoms with Crippen LogP contribution in [0.3, 0.4) is 0 Å². The molecule has 0 saturated carbocycles. The van der Waals surface area contributed by atoms with E-state index < -0.39 is 11.1 Å². The van der Waals surface area contributed by atoms with Crippen LogP contribution >= 0.6 is 46.4 Å². The molecule has 6 aromatic rings. The number of amidine groups is 2. The van der Waals surface area contributed by atoms with Gasteiger partial charge in [-0.1, -0.05) is 94.9 Å². The van der Waals surface area contributed by atoms with E-state index in [0.717, 1.165) is 33.6 Å². The number of hydrogen-bond acceptors (Lipinski definition) is 10. The molecule has 0 aliphatic carbocycles. The molecule has 2 aliphatic heterocycles. The first-order valence-corrected chi connectivity index (χ1v) is 18.8. The minimum atomic E-state index is -0.571. The number of hydrogen-bond donors (Lipinski definition) is 2. The summed E-state index contributed by atoms with van der Waals surface area (Å²) >= 11 is 23.9. The number of benzene rings is 2. The third kappa shape index (κ3) is 8.10. The third-order valence-electron chi connectivity index (χ3n) is 9.58. The predicted octanol–water partition coefficient (Wildman–Crippen LogP) is 7.29. The van der Waals surface area contributed by atoms with Crippen molar-refractivity contribution in [3.8, 4) is 0 Å². The van der Waals surface area contributed by atoms with Crippen molar-refractivity contribution in [3.63, 3.8) is 0 Å². The molecule has 2 aromatic carbocycles. The summed E-state index contributed by atoms with van der Waals surface area (Å²) in [6, 6.07) is 22.2. The molecule has 0 spiro atoms. The van der Waals surface area contributed by atoms with E-state index in [0.29, 0.717) is 34.8 Å². The van der Waals surface area contributed by atoms with Crippen LogP contribution in [0.4, 0.5) is 0 Å². The number of Topliss-reactive ketones (excluding diaryl/α,β-unsaturated/α-hetero) is 2. The van der Waals surface area contributed by atoms with Crippen LogP contribution < -0.4 is 11.5 Å². The number of pyridine rings is 2. The highest BCUT2D eigenvalue weighted by Crippen LogP contribution is 2.34. The van der Waals surface area contributed by atoms with E-state index in [2.05, 4.69) is 20.2 Å². The summed E-state index contributed by atoms with van der Waals surface area (Å²) in [7, 11) is 0. The topological polar surface area (TPSA) is 172 Å². The summed E-state index contributed by atoms with van der Waals surface area (Å²) in [6.45, 7) is 5.14. The molecule has 6 heterocycles. The van der Waals surface area contributed by atoms with Gasteiger partial charge in [-0.05, 0) is 60.4 Å². The molecule has 4 N–H and O–H groups in total. The Hall–Kier alpha value is -5.40. The van der Waals surface area contributed by atoms with Gasteiger partial charge in [0.15, 0.2) is 11.6 Å². The van der Waals surface area contributed by atoms with E-state index in [1.165, 1.54) is 24.5 Å². The van der Waals surface area contributed by atoms with E-state index in [-0.39, 0.29) is 45.8 Å². The standard InChI is InChI=1S/2C20H17Cl2N5O/c2*1-20(11-27-16(5-6-25-27)19(23)26-20)13-4-2-3-12(7-13)8-17(28)18-15(22)9-14(21)10-24-18/h2*2-7,9-10H,8,11H2,1H3,(H2,23,26). The fourth-order valence-corrected chi connectivity index (χ4v) is 7.75. The van der Waals surface area contributed by atoms with E-state index in [9.17, 15) is 9.59 Å². The lowest BCUT2D eigenvalue weighted by molar-refractivity contribution is 0.0980. The summed E-state index contributed by atoms with van der Waals surface area (Å²) in [5.74, 6) is 0.546. The van der Waals surface area contributed by atoms with Gasteiger partial charge in [-0.25, -0.2) is 9.97 Å². The molecule has 0 saturated heterocycles. The smallest absolute Gasteiger partial charge is 0.187 e. The average molecular weight is 829 g/mol. The SMILES string of the molecule is CC1(c2cccc(CC(=O)c3ncc(Cl)cc3Cl)c2)Cn2nccc2C(N)=N1.CC1(c2cccc(CC(=O)c3ncc(Cl)cc3Cl)c2)Cn2nccc2C(N)=N1. The summed E-state index contributed by atoms with van der Waals surface area (Å²) < 4.78 is 3.69. The zero-order valence-corrected chi connectivity index (χ0v) is 33.2. The van der Waals surface area contributed by atoms with Crippen LogP contribution in [0.2, 0.25) is 20.1 Å². The molecule has 16 heteroatoms. The van der Waals surface area contributed by atoms with Crippen LogP contribution in [-0.4, -0.2) is 52.8 Å². The van der Waals surface area contributed by atoms with Gasteiger partial charge in [-0.3, -0.25) is 28.9 Å². The number of aromatic nitrogens is 6. The van der Waals surface area contributed by atoms with Crippen molar-refractivity contribution in [1.29, 1.82) is 0 Å². The van der Waals surface area contributed by atoms with Crippen molar-refractivity contribution in [2.45, 2.75) is 50.9 Å². The Morgan fingerprint density at radius 2 is 1.05 bits per heavy atom. The number of carbonyl (C=O) groups excluding carboxylic acids is 2. The maximum Gasteiger partial charge on any atom is 0.187 e. The van der Waals surface area contributed by atoms with Gasteiger partial charge >= 0.3 is 0 Å². The molecular weight excluding hydrogens is 794 g/mol. The Morgan fingerprint density at radius 3 is 1.45 bits per heavy atom. The molecule has 0 bridgehead atoms. The first-order valence-electron chi connectivity index (χ1n) is 17.3. The Labute approximate surface area is 342 Å². The van der Waals surface area contributed by atoms with Crippen molar-refractivity contribution >= 4 is 69.6 Å². The van der Waals surface area contributed by atoms with E-state index in [4.69, 9.17) is 67.9 Å². The fourth-order valence-electron chi connectivity index (χ4n) is 6.77. The van der Waals surface area contributed by atoms with Crippen LogP contribution in [0.15, 0.2) is 108 Å². The molecule has 2 atom stereocenters. The number of rotatable bonds is 8. The average Bonchev–Trinajstić information content (AvgIpc) is 3.82. The first-order chi connectivity index (χ1) is 26.7. The zero-order chi connectivity index (χ0) is 39.8. The highest BCUT2D eigenvalue weighted by molar-refractivity contribution is 6.37. The largest absolute Gasteiger partial charge is 0.382 e. The number of fused-ring (bicyclic) bond motifs is 2. The van der Waals surface area contributed by atoms with Gasteiger partial charge in [0.1, 0.15) is 45.5 Å². The van der Waals surface area contributed by atoms with Crippen LogP contribution in [-0.2, 0) is 37.0 Å². The molecule has 0 fully saturated rings.